The van der Waals surface area contributed by atoms with E-state index < -0.39 is 18.1 Å². The van der Waals surface area contributed by atoms with Crippen molar-refractivity contribution in [2.75, 3.05) is 6.54 Å². The van der Waals surface area contributed by atoms with Gasteiger partial charge in [-0.3, -0.25) is 4.90 Å². The van der Waals surface area contributed by atoms with Crippen LogP contribution in [0.5, 0.6) is 0 Å². The molecule has 23 heavy (non-hydrogen) atoms. The van der Waals surface area contributed by atoms with Crippen LogP contribution in [-0.4, -0.2) is 34.7 Å². The highest BCUT2D eigenvalue weighted by Gasteiger charge is 2.49. The van der Waals surface area contributed by atoms with Gasteiger partial charge in [0.2, 0.25) is 0 Å². The summed E-state index contributed by atoms with van der Waals surface area (Å²) >= 11 is 0. The number of carbonyl (C=O) groups excluding carboxylic acids is 1. The summed E-state index contributed by atoms with van der Waals surface area (Å²) < 4.78 is 5.35. The third kappa shape index (κ3) is 3.49. The monoisotopic (exact) mass is 317 g/mol. The number of carbonyl (C=O) groups is 2. The van der Waals surface area contributed by atoms with Gasteiger partial charge in [-0.25, -0.2) is 9.59 Å². The second kappa shape index (κ2) is 6.60. The Hall–Kier alpha value is -2.04. The third-order valence-corrected chi connectivity index (χ3v) is 5.15. The molecule has 5 heteroatoms. The second-order valence-corrected chi connectivity index (χ2v) is 6.79. The fourth-order valence-electron chi connectivity index (χ4n) is 3.94. The first-order valence-electron chi connectivity index (χ1n) is 8.30. The Morgan fingerprint density at radius 2 is 1.87 bits per heavy atom. The van der Waals surface area contributed by atoms with Crippen LogP contribution in [0.3, 0.4) is 0 Å². The first kappa shape index (κ1) is 15.8. The van der Waals surface area contributed by atoms with Gasteiger partial charge in [-0.15, -0.1) is 0 Å². The molecular weight excluding hydrogens is 294 g/mol. The zero-order chi connectivity index (χ0) is 16.3. The third-order valence-electron chi connectivity index (χ3n) is 5.15. The van der Waals surface area contributed by atoms with Crippen LogP contribution >= 0.6 is 0 Å². The SMILES string of the molecule is O=C(O)C1CC2(CCCCC2)CN1C(=O)OCc1ccccc1. The standard InChI is InChI=1S/C18H23NO4/c20-16(21)15-11-18(9-5-2-6-10-18)13-19(15)17(22)23-12-14-7-3-1-4-8-14/h1,3-4,7-8,15H,2,5-6,9-13H2,(H,20,21). The molecule has 0 bridgehead atoms. The van der Waals surface area contributed by atoms with Gasteiger partial charge >= 0.3 is 12.1 Å². The Kier molecular flexibility index (Phi) is 4.55. The van der Waals surface area contributed by atoms with Gasteiger partial charge in [-0.1, -0.05) is 49.6 Å². The second-order valence-electron chi connectivity index (χ2n) is 6.79. The number of likely N-dealkylation sites (tertiary alicyclic amines) is 1. The lowest BCUT2D eigenvalue weighted by molar-refractivity contribution is -0.141. The number of rotatable bonds is 3. The summed E-state index contributed by atoms with van der Waals surface area (Å²) in [5, 5.41) is 9.48. The van der Waals surface area contributed by atoms with Gasteiger partial charge in [0.1, 0.15) is 12.6 Å². The molecule has 1 saturated carbocycles. The van der Waals surface area contributed by atoms with E-state index in [9.17, 15) is 14.7 Å². The molecule has 0 radical (unpaired) electrons. The number of hydrogen-bond donors (Lipinski definition) is 1. The number of nitrogens with zero attached hydrogens (tertiary/aromatic N) is 1. The van der Waals surface area contributed by atoms with Crippen LogP contribution < -0.4 is 0 Å². The zero-order valence-corrected chi connectivity index (χ0v) is 13.2. The molecule has 124 valence electrons. The van der Waals surface area contributed by atoms with Crippen LogP contribution in [-0.2, 0) is 16.1 Å². The molecule has 2 fully saturated rings. The van der Waals surface area contributed by atoms with E-state index in [0.717, 1.165) is 31.2 Å². The molecule has 5 nitrogen and oxygen atoms in total. The Labute approximate surface area is 136 Å². The van der Waals surface area contributed by atoms with Gasteiger partial charge in [-0.05, 0) is 30.2 Å². The van der Waals surface area contributed by atoms with Crippen LogP contribution in [0.4, 0.5) is 4.79 Å². The first-order chi connectivity index (χ1) is 11.1. The zero-order valence-electron chi connectivity index (χ0n) is 13.2. The lowest BCUT2D eigenvalue weighted by Gasteiger charge is -2.32. The summed E-state index contributed by atoms with van der Waals surface area (Å²) in [5.74, 6) is -0.927. The molecule has 1 aromatic rings. The van der Waals surface area contributed by atoms with E-state index in [0.29, 0.717) is 13.0 Å². The highest BCUT2D eigenvalue weighted by molar-refractivity contribution is 5.81. The van der Waals surface area contributed by atoms with E-state index in [1.807, 2.05) is 30.3 Å². The number of carboxylic acids is 1. The van der Waals surface area contributed by atoms with E-state index in [4.69, 9.17) is 4.74 Å². The van der Waals surface area contributed by atoms with Crippen molar-refractivity contribution in [3.63, 3.8) is 0 Å². The summed E-state index contributed by atoms with van der Waals surface area (Å²) in [6.45, 7) is 0.688. The minimum atomic E-state index is -0.927. The van der Waals surface area contributed by atoms with E-state index >= 15 is 0 Å². The van der Waals surface area contributed by atoms with Crippen LogP contribution in [0.15, 0.2) is 30.3 Å². The van der Waals surface area contributed by atoms with Crippen molar-refractivity contribution in [1.29, 1.82) is 0 Å². The van der Waals surface area contributed by atoms with Crippen LogP contribution in [0.25, 0.3) is 0 Å². The Morgan fingerprint density at radius 1 is 1.17 bits per heavy atom. The van der Waals surface area contributed by atoms with Crippen molar-refractivity contribution in [2.24, 2.45) is 5.41 Å². The lowest BCUT2D eigenvalue weighted by atomic mass is 9.73. The van der Waals surface area contributed by atoms with Crippen molar-refractivity contribution < 1.29 is 19.4 Å². The highest BCUT2D eigenvalue weighted by atomic mass is 16.6. The summed E-state index contributed by atoms with van der Waals surface area (Å²) in [6.07, 6.45) is 5.53. The van der Waals surface area contributed by atoms with Crippen LogP contribution in [0.1, 0.15) is 44.1 Å². The predicted octanol–water partition coefficient (Wildman–Crippen LogP) is 3.43. The largest absolute Gasteiger partial charge is 0.480 e. The molecule has 1 aliphatic heterocycles. The van der Waals surface area contributed by atoms with Crippen molar-refractivity contribution in [1.82, 2.24) is 4.90 Å². The minimum absolute atomic E-state index is 0.0208. The first-order valence-corrected chi connectivity index (χ1v) is 8.30. The number of benzene rings is 1. The topological polar surface area (TPSA) is 66.8 Å². The van der Waals surface area contributed by atoms with E-state index in [1.54, 1.807) is 0 Å². The molecule has 2 aliphatic rings. The number of carboxylic acid groups (broad SMARTS) is 1. The molecule has 1 unspecified atom stereocenters. The Bertz CT molecular complexity index is 566. The van der Waals surface area contributed by atoms with Gasteiger partial charge < -0.3 is 9.84 Å². The number of hydrogen-bond acceptors (Lipinski definition) is 3. The summed E-state index contributed by atoms with van der Waals surface area (Å²) in [4.78, 5) is 25.4. The highest BCUT2D eigenvalue weighted by Crippen LogP contribution is 2.46. The fourth-order valence-corrected chi connectivity index (χ4v) is 3.94. The summed E-state index contributed by atoms with van der Waals surface area (Å²) in [5.41, 5.74) is 0.881. The van der Waals surface area contributed by atoms with Crippen molar-refractivity contribution in [3.05, 3.63) is 35.9 Å². The maximum absolute atomic E-state index is 12.4. The van der Waals surface area contributed by atoms with Crippen molar-refractivity contribution in [2.45, 2.75) is 51.2 Å². The van der Waals surface area contributed by atoms with Gasteiger partial charge in [0, 0.05) is 6.54 Å². The molecule has 1 saturated heterocycles. The van der Waals surface area contributed by atoms with E-state index in [2.05, 4.69) is 0 Å². The molecule has 1 aromatic carbocycles. The normalized spacial score (nSPS) is 23.0. The smallest absolute Gasteiger partial charge is 0.410 e. The number of ether oxygens (including phenoxy) is 1. The number of amides is 1. The lowest BCUT2D eigenvalue weighted by Crippen LogP contribution is -2.41. The van der Waals surface area contributed by atoms with Crippen molar-refractivity contribution in [3.8, 4) is 0 Å². The number of aliphatic carboxylic acids is 1. The summed E-state index contributed by atoms with van der Waals surface area (Å²) in [7, 11) is 0. The van der Waals surface area contributed by atoms with Gasteiger partial charge in [-0.2, -0.15) is 0 Å². The molecule has 1 amide bonds. The maximum Gasteiger partial charge on any atom is 0.410 e. The van der Waals surface area contributed by atoms with Gasteiger partial charge in [0.25, 0.3) is 0 Å². The Morgan fingerprint density at radius 3 is 2.52 bits per heavy atom. The average molecular weight is 317 g/mol. The van der Waals surface area contributed by atoms with Gasteiger partial charge in [0.15, 0.2) is 0 Å². The fraction of sp³-hybridized carbons (Fsp3) is 0.556. The van der Waals surface area contributed by atoms with Crippen LogP contribution in [0, 0.1) is 5.41 Å². The molecular formula is C18H23NO4. The van der Waals surface area contributed by atoms with Crippen LogP contribution in [0.2, 0.25) is 0 Å². The van der Waals surface area contributed by atoms with E-state index in [1.165, 1.54) is 11.3 Å². The molecule has 1 atom stereocenters. The Balaban J connectivity index is 1.66. The predicted molar refractivity (Wildman–Crippen MR) is 84.9 cm³/mol. The quantitative estimate of drug-likeness (QED) is 0.927. The van der Waals surface area contributed by atoms with Gasteiger partial charge in [0.05, 0.1) is 0 Å². The minimum Gasteiger partial charge on any atom is -0.480 e. The molecule has 3 rings (SSSR count). The van der Waals surface area contributed by atoms with Crippen molar-refractivity contribution >= 4 is 12.1 Å². The molecule has 0 aromatic heterocycles. The average Bonchev–Trinajstić information content (AvgIpc) is 2.94. The molecule has 1 aliphatic carbocycles. The maximum atomic E-state index is 12.4. The molecule has 1 heterocycles. The van der Waals surface area contributed by atoms with E-state index in [-0.39, 0.29) is 12.0 Å². The molecule has 1 spiro atoms. The summed E-state index contributed by atoms with van der Waals surface area (Å²) in [6, 6.07) is 8.69. The molecule has 1 N–H and O–H groups in total.